The third kappa shape index (κ3) is 3.41. The Kier molecular flexibility index (Phi) is 4.37. The van der Waals surface area contributed by atoms with Gasteiger partial charge >= 0.3 is 5.97 Å². The summed E-state index contributed by atoms with van der Waals surface area (Å²) in [5.41, 5.74) is 3.76. The van der Waals surface area contributed by atoms with Gasteiger partial charge in [-0.2, -0.15) is 0 Å². The second kappa shape index (κ2) is 6.59. The predicted molar refractivity (Wildman–Crippen MR) is 104 cm³/mol. The van der Waals surface area contributed by atoms with Crippen molar-refractivity contribution in [3.8, 4) is 0 Å². The van der Waals surface area contributed by atoms with Gasteiger partial charge in [0.15, 0.2) is 6.04 Å². The molecule has 0 radical (unpaired) electrons. The van der Waals surface area contributed by atoms with E-state index in [-0.39, 0.29) is 23.6 Å². The average molecular weight is 365 g/mol. The first kappa shape index (κ1) is 17.9. The predicted octanol–water partition coefficient (Wildman–Crippen LogP) is 4.68. The van der Waals surface area contributed by atoms with E-state index in [1.165, 1.54) is 17.7 Å². The molecule has 27 heavy (non-hydrogen) atoms. The van der Waals surface area contributed by atoms with Gasteiger partial charge in [-0.15, -0.1) is 0 Å². The lowest BCUT2D eigenvalue weighted by Crippen LogP contribution is -2.35. The average Bonchev–Trinajstić information content (AvgIpc) is 3.01. The summed E-state index contributed by atoms with van der Waals surface area (Å²) in [5.74, 6) is -0.566. The minimum atomic E-state index is -0.596. The molecule has 2 aliphatic rings. The van der Waals surface area contributed by atoms with Crippen molar-refractivity contribution in [1.82, 2.24) is 0 Å². The summed E-state index contributed by atoms with van der Waals surface area (Å²) in [6.07, 6.45) is 1.88. The first-order valence-electron chi connectivity index (χ1n) is 9.48. The van der Waals surface area contributed by atoms with Gasteiger partial charge < -0.3 is 4.74 Å². The zero-order chi connectivity index (χ0) is 19.2. The largest absolute Gasteiger partial charge is 0.458 e. The molecule has 0 saturated carbocycles. The summed E-state index contributed by atoms with van der Waals surface area (Å²) in [7, 11) is 0. The Morgan fingerprint density at radius 1 is 1.11 bits per heavy atom. The van der Waals surface area contributed by atoms with E-state index in [0.29, 0.717) is 0 Å². The number of esters is 1. The molecule has 2 aromatic carbocycles. The molecule has 0 fully saturated rings. The van der Waals surface area contributed by atoms with Crippen molar-refractivity contribution >= 4 is 11.7 Å². The van der Waals surface area contributed by atoms with Gasteiger partial charge in [0.2, 0.25) is 0 Å². The molecule has 0 bridgehead atoms. The van der Waals surface area contributed by atoms with Crippen molar-refractivity contribution in [1.29, 1.82) is 0 Å². The number of hydrogen-bond acceptors (Lipinski definition) is 3. The molecule has 1 aliphatic carbocycles. The first-order chi connectivity index (χ1) is 12.8. The maximum Gasteiger partial charge on any atom is 0.332 e. The number of fused-ring (bicyclic) bond motifs is 3. The monoisotopic (exact) mass is 365 g/mol. The number of benzene rings is 2. The fourth-order valence-electron chi connectivity index (χ4n) is 4.26. The van der Waals surface area contributed by atoms with Crippen LogP contribution in [0.25, 0.3) is 0 Å². The van der Waals surface area contributed by atoms with Crippen LogP contribution in [0, 0.1) is 11.7 Å². The molecule has 0 saturated heterocycles. The van der Waals surface area contributed by atoms with E-state index in [9.17, 15) is 9.18 Å². The highest BCUT2D eigenvalue weighted by atomic mass is 19.1. The Morgan fingerprint density at radius 3 is 2.52 bits per heavy atom. The first-order valence-corrected chi connectivity index (χ1v) is 9.48. The molecule has 4 rings (SSSR count). The molecule has 0 unspecified atom stereocenters. The molecule has 0 aromatic heterocycles. The van der Waals surface area contributed by atoms with Gasteiger partial charge in [0.1, 0.15) is 11.4 Å². The van der Waals surface area contributed by atoms with Gasteiger partial charge in [-0.25, -0.2) is 9.18 Å². The normalized spacial score (nSPS) is 24.0. The van der Waals surface area contributed by atoms with E-state index in [1.54, 1.807) is 12.1 Å². The highest BCUT2D eigenvalue weighted by molar-refractivity contribution is 6.08. The Balaban J connectivity index is 1.77. The minimum Gasteiger partial charge on any atom is -0.458 e. The maximum atomic E-state index is 13.5. The number of hydrogen-bond donors (Lipinski definition) is 0. The number of carbonyl (C=O) groups is 1. The molecule has 0 amide bonds. The second-order valence-corrected chi connectivity index (χ2v) is 8.37. The number of halogens is 1. The number of rotatable bonds is 2. The fraction of sp³-hybridized carbons (Fsp3) is 0.391. The van der Waals surface area contributed by atoms with Crippen LogP contribution in [-0.2, 0) is 16.0 Å². The van der Waals surface area contributed by atoms with Crippen LogP contribution < -0.4 is 0 Å². The zero-order valence-electron chi connectivity index (χ0n) is 15.9. The fourth-order valence-corrected chi connectivity index (χ4v) is 4.26. The lowest BCUT2D eigenvalue weighted by Gasteiger charge is -2.29. The van der Waals surface area contributed by atoms with Crippen molar-refractivity contribution in [2.75, 3.05) is 0 Å². The maximum absolute atomic E-state index is 13.5. The van der Waals surface area contributed by atoms with Crippen LogP contribution in [0.15, 0.2) is 53.5 Å². The topological polar surface area (TPSA) is 38.7 Å². The summed E-state index contributed by atoms with van der Waals surface area (Å²) in [4.78, 5) is 17.8. The summed E-state index contributed by atoms with van der Waals surface area (Å²) in [6.45, 7) is 5.59. The number of aryl methyl sites for hydroxylation is 1. The Hall–Kier alpha value is -2.49. The van der Waals surface area contributed by atoms with Crippen LogP contribution in [-0.4, -0.2) is 23.3 Å². The minimum absolute atomic E-state index is 0.121. The van der Waals surface area contributed by atoms with Crippen molar-refractivity contribution in [3.05, 3.63) is 71.0 Å². The van der Waals surface area contributed by atoms with E-state index in [1.807, 2.05) is 32.9 Å². The van der Waals surface area contributed by atoms with Crippen LogP contribution in [0.5, 0.6) is 0 Å². The summed E-state index contributed by atoms with van der Waals surface area (Å²) in [5, 5.41) is 0. The number of ether oxygens (including phenoxy) is 1. The van der Waals surface area contributed by atoms with Crippen LogP contribution in [0.1, 0.15) is 49.8 Å². The lowest BCUT2D eigenvalue weighted by molar-refractivity contribution is -0.156. The van der Waals surface area contributed by atoms with Crippen LogP contribution in [0.4, 0.5) is 4.39 Å². The number of carbonyl (C=O) groups excluding carboxylic acids is 1. The molecule has 4 heteroatoms. The summed E-state index contributed by atoms with van der Waals surface area (Å²) in [6, 6.07) is 14.1. The number of aliphatic imine (C=N–C) groups is 1. The van der Waals surface area contributed by atoms with Crippen molar-refractivity contribution in [2.24, 2.45) is 10.9 Å². The third-order valence-corrected chi connectivity index (χ3v) is 5.32. The van der Waals surface area contributed by atoms with Crippen LogP contribution in [0.3, 0.4) is 0 Å². The van der Waals surface area contributed by atoms with Gasteiger partial charge in [-0.05, 0) is 62.4 Å². The smallest absolute Gasteiger partial charge is 0.332 e. The van der Waals surface area contributed by atoms with E-state index in [4.69, 9.17) is 9.73 Å². The highest BCUT2D eigenvalue weighted by Crippen LogP contribution is 2.44. The summed E-state index contributed by atoms with van der Waals surface area (Å²) < 4.78 is 19.1. The van der Waals surface area contributed by atoms with Crippen LogP contribution in [0.2, 0.25) is 0 Å². The zero-order valence-corrected chi connectivity index (χ0v) is 15.9. The molecular weight excluding hydrogens is 341 g/mol. The van der Waals surface area contributed by atoms with Gasteiger partial charge in [-0.3, -0.25) is 4.99 Å². The Morgan fingerprint density at radius 2 is 1.81 bits per heavy atom. The molecular formula is C23H24FNO2. The van der Waals surface area contributed by atoms with Crippen molar-refractivity contribution in [3.63, 3.8) is 0 Å². The molecule has 140 valence electrons. The van der Waals surface area contributed by atoms with Crippen molar-refractivity contribution < 1.29 is 13.9 Å². The Labute approximate surface area is 159 Å². The SMILES string of the molecule is CC(C)(C)OC(=O)[C@@H]1N=C2c3ccccc3CC[C@@H]2[C@H]1c1ccc(F)cc1. The van der Waals surface area contributed by atoms with Gasteiger partial charge in [-0.1, -0.05) is 36.4 Å². The van der Waals surface area contributed by atoms with Crippen LogP contribution >= 0.6 is 0 Å². The van der Waals surface area contributed by atoms with E-state index in [0.717, 1.165) is 29.7 Å². The highest BCUT2D eigenvalue weighted by Gasteiger charge is 2.46. The summed E-state index contributed by atoms with van der Waals surface area (Å²) >= 11 is 0. The molecule has 3 nitrogen and oxygen atoms in total. The molecule has 3 atom stereocenters. The van der Waals surface area contributed by atoms with E-state index < -0.39 is 11.6 Å². The molecule has 1 aliphatic heterocycles. The number of nitrogens with zero attached hydrogens (tertiary/aromatic N) is 1. The lowest BCUT2D eigenvalue weighted by atomic mass is 9.73. The van der Waals surface area contributed by atoms with Gasteiger partial charge in [0.25, 0.3) is 0 Å². The molecule has 1 heterocycles. The van der Waals surface area contributed by atoms with E-state index in [2.05, 4.69) is 12.1 Å². The standard InChI is InChI=1S/C23H24FNO2/c1-23(2,3)27-22(26)21-19(15-8-11-16(24)12-9-15)18-13-10-14-6-4-5-7-17(14)20(18)25-21/h4-9,11-12,18-19,21H,10,13H2,1-3H3/t18-,19-,21-/m1/s1. The third-order valence-electron chi connectivity index (χ3n) is 5.32. The molecule has 2 aromatic rings. The van der Waals surface area contributed by atoms with Gasteiger partial charge in [0, 0.05) is 17.5 Å². The molecule has 0 spiro atoms. The van der Waals surface area contributed by atoms with E-state index >= 15 is 0 Å². The Bertz CT molecular complexity index is 895. The van der Waals surface area contributed by atoms with Gasteiger partial charge in [0.05, 0.1) is 0 Å². The molecule has 0 N–H and O–H groups in total. The van der Waals surface area contributed by atoms with Crippen molar-refractivity contribution in [2.45, 2.75) is 51.2 Å². The quantitative estimate of drug-likeness (QED) is 0.725. The second-order valence-electron chi connectivity index (χ2n) is 8.37.